The first kappa shape index (κ1) is 16.3. The van der Waals surface area contributed by atoms with E-state index >= 15 is 0 Å². The molecule has 1 aliphatic heterocycles. The molecule has 0 aromatic carbocycles. The summed E-state index contributed by atoms with van der Waals surface area (Å²) < 4.78 is 0. The average Bonchev–Trinajstić information content (AvgIpc) is 2.42. The Hall–Kier alpha value is -1.79. The van der Waals surface area contributed by atoms with Gasteiger partial charge in [0.15, 0.2) is 0 Å². The molecule has 3 amide bonds. The van der Waals surface area contributed by atoms with E-state index in [9.17, 15) is 14.4 Å². The highest BCUT2D eigenvalue weighted by Crippen LogP contribution is 2.22. The molecule has 114 valence electrons. The predicted molar refractivity (Wildman–Crippen MR) is 73.2 cm³/mol. The van der Waals surface area contributed by atoms with Gasteiger partial charge in [-0.25, -0.2) is 9.59 Å². The van der Waals surface area contributed by atoms with Crippen LogP contribution < -0.4 is 10.6 Å². The third-order valence-corrected chi connectivity index (χ3v) is 3.38. The van der Waals surface area contributed by atoms with Crippen LogP contribution in [0.3, 0.4) is 0 Å². The highest BCUT2D eigenvalue weighted by Gasteiger charge is 2.34. The summed E-state index contributed by atoms with van der Waals surface area (Å²) in [5.74, 6) is -0.979. The lowest BCUT2D eigenvalue weighted by molar-refractivity contribution is -0.143. The Balaban J connectivity index is 2.48. The number of hydrogen-bond donors (Lipinski definition) is 3. The number of carbonyl (C=O) groups excluding carboxylic acids is 2. The van der Waals surface area contributed by atoms with Gasteiger partial charge in [0.25, 0.3) is 0 Å². The van der Waals surface area contributed by atoms with Gasteiger partial charge in [0.05, 0.1) is 6.54 Å². The Morgan fingerprint density at radius 2 is 2.00 bits per heavy atom. The van der Waals surface area contributed by atoms with Crippen LogP contribution in [0.1, 0.15) is 33.1 Å². The molecule has 0 aromatic heterocycles. The Morgan fingerprint density at radius 3 is 2.60 bits per heavy atom. The van der Waals surface area contributed by atoms with Crippen LogP contribution in [0.25, 0.3) is 0 Å². The number of amides is 3. The number of carboxylic acids is 1. The fourth-order valence-corrected chi connectivity index (χ4v) is 2.20. The number of aliphatic carboxylic acids is 1. The number of rotatable bonds is 5. The molecule has 2 unspecified atom stereocenters. The molecule has 1 fully saturated rings. The zero-order valence-corrected chi connectivity index (χ0v) is 12.0. The van der Waals surface area contributed by atoms with E-state index in [1.54, 1.807) is 0 Å². The molecular weight excluding hydrogens is 262 g/mol. The molecule has 3 N–H and O–H groups in total. The Bertz CT molecular complexity index is 373. The van der Waals surface area contributed by atoms with E-state index in [4.69, 9.17) is 5.11 Å². The maximum Gasteiger partial charge on any atom is 0.326 e. The van der Waals surface area contributed by atoms with Crippen LogP contribution in [0.15, 0.2) is 0 Å². The van der Waals surface area contributed by atoms with Crippen LogP contribution in [0.5, 0.6) is 0 Å². The molecule has 0 aromatic rings. The molecule has 20 heavy (non-hydrogen) atoms. The first-order valence-electron chi connectivity index (χ1n) is 6.99. The Morgan fingerprint density at radius 1 is 1.30 bits per heavy atom. The summed E-state index contributed by atoms with van der Waals surface area (Å²) in [5.41, 5.74) is 0. The third-order valence-electron chi connectivity index (χ3n) is 3.38. The minimum atomic E-state index is -0.998. The van der Waals surface area contributed by atoms with Gasteiger partial charge in [0.1, 0.15) is 6.04 Å². The van der Waals surface area contributed by atoms with E-state index in [1.807, 2.05) is 13.8 Å². The molecule has 2 atom stereocenters. The fourth-order valence-electron chi connectivity index (χ4n) is 2.20. The summed E-state index contributed by atoms with van der Waals surface area (Å²) in [6, 6.07) is -1.30. The van der Waals surface area contributed by atoms with Crippen molar-refractivity contribution in [1.29, 1.82) is 0 Å². The van der Waals surface area contributed by atoms with Crippen LogP contribution in [-0.4, -0.2) is 53.6 Å². The molecule has 7 heteroatoms. The van der Waals surface area contributed by atoms with Gasteiger partial charge in [-0.05, 0) is 25.2 Å². The molecular formula is C13H23N3O4. The lowest BCUT2D eigenvalue weighted by atomic mass is 9.93. The van der Waals surface area contributed by atoms with Crippen molar-refractivity contribution >= 4 is 17.9 Å². The number of piperidine rings is 1. The van der Waals surface area contributed by atoms with Crippen molar-refractivity contribution < 1.29 is 19.5 Å². The Kier molecular flexibility index (Phi) is 6.27. The van der Waals surface area contributed by atoms with Crippen molar-refractivity contribution in [3.63, 3.8) is 0 Å². The van der Waals surface area contributed by atoms with Crippen molar-refractivity contribution in [2.24, 2.45) is 5.92 Å². The first-order valence-corrected chi connectivity index (χ1v) is 6.99. The van der Waals surface area contributed by atoms with Gasteiger partial charge < -0.3 is 20.6 Å². The summed E-state index contributed by atoms with van der Waals surface area (Å²) >= 11 is 0. The number of carboxylic acid groups (broad SMARTS) is 1. The maximum absolute atomic E-state index is 12.0. The molecule has 7 nitrogen and oxygen atoms in total. The van der Waals surface area contributed by atoms with Crippen LogP contribution in [0, 0.1) is 5.92 Å². The predicted octanol–water partition coefficient (Wildman–Crippen LogP) is 0.407. The maximum atomic E-state index is 12.0. The van der Waals surface area contributed by atoms with Gasteiger partial charge in [-0.15, -0.1) is 0 Å². The van der Waals surface area contributed by atoms with Crippen molar-refractivity contribution in [1.82, 2.24) is 15.5 Å². The normalized spacial score (nSPS) is 22.2. The van der Waals surface area contributed by atoms with Gasteiger partial charge in [-0.1, -0.05) is 13.8 Å². The molecule has 0 saturated carbocycles. The average molecular weight is 285 g/mol. The topological polar surface area (TPSA) is 98.7 Å². The smallest absolute Gasteiger partial charge is 0.326 e. The summed E-state index contributed by atoms with van der Waals surface area (Å²) in [6.07, 6.45) is 2.05. The van der Waals surface area contributed by atoms with Crippen LogP contribution in [0.2, 0.25) is 0 Å². The van der Waals surface area contributed by atoms with Gasteiger partial charge in [-0.3, -0.25) is 4.79 Å². The van der Waals surface area contributed by atoms with Crippen molar-refractivity contribution in [2.75, 3.05) is 19.6 Å². The summed E-state index contributed by atoms with van der Waals surface area (Å²) in [7, 11) is 0. The molecule has 1 aliphatic rings. The zero-order valence-electron chi connectivity index (χ0n) is 12.0. The van der Waals surface area contributed by atoms with E-state index in [0.29, 0.717) is 19.5 Å². The first-order chi connectivity index (χ1) is 9.45. The van der Waals surface area contributed by atoms with Crippen LogP contribution in [0.4, 0.5) is 4.79 Å². The summed E-state index contributed by atoms with van der Waals surface area (Å²) in [4.78, 5) is 35.9. The molecule has 0 aliphatic carbocycles. The second-order valence-corrected chi connectivity index (χ2v) is 5.19. The Labute approximate surface area is 118 Å². The highest BCUT2D eigenvalue weighted by molar-refractivity contribution is 5.86. The number of nitrogens with one attached hydrogen (secondary N) is 2. The van der Waals surface area contributed by atoms with Gasteiger partial charge in [-0.2, -0.15) is 0 Å². The second-order valence-electron chi connectivity index (χ2n) is 5.19. The number of likely N-dealkylation sites (tertiary alicyclic amines) is 1. The largest absolute Gasteiger partial charge is 0.480 e. The van der Waals surface area contributed by atoms with E-state index < -0.39 is 18.0 Å². The molecule has 0 radical (unpaired) electrons. The molecule has 0 bridgehead atoms. The van der Waals surface area contributed by atoms with E-state index in [0.717, 1.165) is 12.8 Å². The number of nitrogens with zero attached hydrogens (tertiary/aromatic N) is 1. The molecule has 1 rings (SSSR count). The minimum absolute atomic E-state index is 0.128. The lowest BCUT2D eigenvalue weighted by Crippen LogP contribution is -2.54. The number of urea groups is 1. The van der Waals surface area contributed by atoms with Crippen LogP contribution >= 0.6 is 0 Å². The highest BCUT2D eigenvalue weighted by atomic mass is 16.4. The van der Waals surface area contributed by atoms with Crippen LogP contribution in [-0.2, 0) is 9.59 Å². The minimum Gasteiger partial charge on any atom is -0.480 e. The van der Waals surface area contributed by atoms with Crippen molar-refractivity contribution in [2.45, 2.75) is 39.2 Å². The summed E-state index contributed by atoms with van der Waals surface area (Å²) in [6.45, 7) is 4.75. The number of carbonyl (C=O) groups is 3. The van der Waals surface area contributed by atoms with Crippen molar-refractivity contribution in [3.05, 3.63) is 0 Å². The zero-order chi connectivity index (χ0) is 15.1. The van der Waals surface area contributed by atoms with Gasteiger partial charge in [0, 0.05) is 13.1 Å². The summed E-state index contributed by atoms with van der Waals surface area (Å²) in [5, 5.41) is 14.3. The lowest BCUT2D eigenvalue weighted by Gasteiger charge is -2.35. The monoisotopic (exact) mass is 285 g/mol. The van der Waals surface area contributed by atoms with E-state index in [1.165, 1.54) is 4.90 Å². The third kappa shape index (κ3) is 4.71. The molecule has 1 heterocycles. The quantitative estimate of drug-likeness (QED) is 0.681. The molecule has 0 spiro atoms. The van der Waals surface area contributed by atoms with Gasteiger partial charge in [0.2, 0.25) is 5.91 Å². The SMILES string of the molecule is CCCNC(=O)CNC(=O)N1CCC(C)CC1C(=O)O. The van der Waals surface area contributed by atoms with Gasteiger partial charge >= 0.3 is 12.0 Å². The van der Waals surface area contributed by atoms with E-state index in [2.05, 4.69) is 10.6 Å². The van der Waals surface area contributed by atoms with E-state index in [-0.39, 0.29) is 18.4 Å². The fraction of sp³-hybridized carbons (Fsp3) is 0.769. The second kappa shape index (κ2) is 7.72. The van der Waals surface area contributed by atoms with Crippen molar-refractivity contribution in [3.8, 4) is 0 Å². The number of hydrogen-bond acceptors (Lipinski definition) is 3. The molecule has 1 saturated heterocycles. The standard InChI is InChI=1S/C13H23N3O4/c1-3-5-14-11(17)8-15-13(20)16-6-4-9(2)7-10(16)12(18)19/h9-10H,3-8H2,1-2H3,(H,14,17)(H,15,20)(H,18,19).